The summed E-state index contributed by atoms with van der Waals surface area (Å²) in [4.78, 5) is 4.16. The van der Waals surface area contributed by atoms with Crippen LogP contribution >= 0.6 is 0 Å². The first kappa shape index (κ1) is 12.7. The number of pyridine rings is 1. The Kier molecular flexibility index (Phi) is 4.39. The van der Waals surface area contributed by atoms with E-state index < -0.39 is 6.10 Å². The SMILES string of the molecule is OC(CNCc1ccccn1)c1cccc(F)c1. The topological polar surface area (TPSA) is 45.1 Å². The molecule has 1 atom stereocenters. The number of halogens is 1. The quantitative estimate of drug-likeness (QED) is 0.848. The van der Waals surface area contributed by atoms with Crippen molar-refractivity contribution in [3.05, 3.63) is 65.7 Å². The molecule has 3 nitrogen and oxygen atoms in total. The number of rotatable bonds is 5. The van der Waals surface area contributed by atoms with Crippen molar-refractivity contribution in [2.45, 2.75) is 12.6 Å². The van der Waals surface area contributed by atoms with Gasteiger partial charge in [-0.2, -0.15) is 0 Å². The van der Waals surface area contributed by atoms with E-state index in [0.717, 1.165) is 5.69 Å². The molecule has 0 amide bonds. The molecule has 2 aromatic rings. The molecule has 0 saturated carbocycles. The summed E-state index contributed by atoms with van der Waals surface area (Å²) in [6.07, 6.45) is 1.00. The molecule has 0 aliphatic rings. The van der Waals surface area contributed by atoms with E-state index >= 15 is 0 Å². The van der Waals surface area contributed by atoms with Gasteiger partial charge in [-0.3, -0.25) is 4.98 Å². The number of aliphatic hydroxyl groups is 1. The zero-order valence-electron chi connectivity index (χ0n) is 9.88. The van der Waals surface area contributed by atoms with Gasteiger partial charge in [-0.05, 0) is 29.8 Å². The molecular formula is C14H15FN2O. The molecule has 0 aliphatic heterocycles. The molecule has 0 fully saturated rings. The van der Waals surface area contributed by atoms with Gasteiger partial charge >= 0.3 is 0 Å². The molecule has 1 unspecified atom stereocenters. The van der Waals surface area contributed by atoms with Crippen molar-refractivity contribution in [3.63, 3.8) is 0 Å². The molecule has 1 heterocycles. The predicted octanol–water partition coefficient (Wildman–Crippen LogP) is 2.04. The number of aliphatic hydroxyl groups excluding tert-OH is 1. The second-order valence-corrected chi connectivity index (χ2v) is 4.02. The number of benzene rings is 1. The molecule has 0 saturated heterocycles. The summed E-state index contributed by atoms with van der Waals surface area (Å²) in [6.45, 7) is 0.938. The smallest absolute Gasteiger partial charge is 0.123 e. The standard InChI is InChI=1S/C14H15FN2O/c15-12-5-3-4-11(8-12)14(18)10-16-9-13-6-1-2-7-17-13/h1-8,14,16,18H,9-10H2. The Morgan fingerprint density at radius 2 is 2.11 bits per heavy atom. The first-order valence-corrected chi connectivity index (χ1v) is 5.80. The fraction of sp³-hybridized carbons (Fsp3) is 0.214. The first-order chi connectivity index (χ1) is 8.75. The van der Waals surface area contributed by atoms with Crippen molar-refractivity contribution in [2.24, 2.45) is 0 Å². The van der Waals surface area contributed by atoms with E-state index in [4.69, 9.17) is 0 Å². The lowest BCUT2D eigenvalue weighted by Gasteiger charge is -2.12. The third-order valence-electron chi connectivity index (χ3n) is 2.60. The molecule has 94 valence electrons. The minimum absolute atomic E-state index is 0.337. The largest absolute Gasteiger partial charge is 0.387 e. The maximum Gasteiger partial charge on any atom is 0.123 e. The monoisotopic (exact) mass is 246 g/mol. The molecule has 4 heteroatoms. The van der Waals surface area contributed by atoms with Crippen LogP contribution in [0.25, 0.3) is 0 Å². The molecule has 18 heavy (non-hydrogen) atoms. The van der Waals surface area contributed by atoms with Gasteiger partial charge in [0.1, 0.15) is 5.82 Å². The maximum atomic E-state index is 13.0. The fourth-order valence-corrected chi connectivity index (χ4v) is 1.67. The average molecular weight is 246 g/mol. The Labute approximate surface area is 105 Å². The fourth-order valence-electron chi connectivity index (χ4n) is 1.67. The third-order valence-corrected chi connectivity index (χ3v) is 2.60. The predicted molar refractivity (Wildman–Crippen MR) is 67.3 cm³/mol. The Bertz CT molecular complexity index is 490. The van der Waals surface area contributed by atoms with Gasteiger partial charge in [-0.15, -0.1) is 0 Å². The average Bonchev–Trinajstić information content (AvgIpc) is 2.40. The lowest BCUT2D eigenvalue weighted by Crippen LogP contribution is -2.21. The van der Waals surface area contributed by atoms with E-state index in [9.17, 15) is 9.50 Å². The summed E-state index contributed by atoms with van der Waals surface area (Å²) in [5.74, 6) is -0.337. The van der Waals surface area contributed by atoms with Gasteiger partial charge in [0.05, 0.1) is 11.8 Å². The van der Waals surface area contributed by atoms with E-state index in [2.05, 4.69) is 10.3 Å². The number of nitrogens with one attached hydrogen (secondary N) is 1. The molecular weight excluding hydrogens is 231 g/mol. The van der Waals surface area contributed by atoms with Gasteiger partial charge in [-0.25, -0.2) is 4.39 Å². The number of hydrogen-bond donors (Lipinski definition) is 2. The zero-order chi connectivity index (χ0) is 12.8. The van der Waals surface area contributed by atoms with E-state index in [1.807, 2.05) is 18.2 Å². The van der Waals surface area contributed by atoms with Gasteiger partial charge in [-0.1, -0.05) is 18.2 Å². The normalized spacial score (nSPS) is 12.3. The van der Waals surface area contributed by atoms with Crippen molar-refractivity contribution in [1.82, 2.24) is 10.3 Å². The minimum atomic E-state index is -0.718. The molecule has 1 aromatic carbocycles. The van der Waals surface area contributed by atoms with Gasteiger partial charge in [0.15, 0.2) is 0 Å². The third kappa shape index (κ3) is 3.61. The van der Waals surface area contributed by atoms with Crippen LogP contribution in [0.1, 0.15) is 17.4 Å². The highest BCUT2D eigenvalue weighted by Crippen LogP contribution is 2.13. The number of nitrogens with zero attached hydrogens (tertiary/aromatic N) is 1. The Hall–Kier alpha value is -1.78. The van der Waals surface area contributed by atoms with Crippen LogP contribution in [0.5, 0.6) is 0 Å². The van der Waals surface area contributed by atoms with Crippen LogP contribution in [-0.2, 0) is 6.54 Å². The van der Waals surface area contributed by atoms with Gasteiger partial charge in [0.2, 0.25) is 0 Å². The van der Waals surface area contributed by atoms with Crippen LogP contribution in [0.2, 0.25) is 0 Å². The van der Waals surface area contributed by atoms with Crippen LogP contribution in [0.3, 0.4) is 0 Å². The van der Waals surface area contributed by atoms with Crippen molar-refractivity contribution in [3.8, 4) is 0 Å². The zero-order valence-corrected chi connectivity index (χ0v) is 9.88. The molecule has 1 aromatic heterocycles. The molecule has 0 bridgehead atoms. The number of aromatic nitrogens is 1. The van der Waals surface area contributed by atoms with Crippen LogP contribution < -0.4 is 5.32 Å². The maximum absolute atomic E-state index is 13.0. The summed E-state index contributed by atoms with van der Waals surface area (Å²) in [7, 11) is 0. The Balaban J connectivity index is 1.83. The van der Waals surface area contributed by atoms with Gasteiger partial charge < -0.3 is 10.4 Å². The van der Waals surface area contributed by atoms with E-state index in [1.165, 1.54) is 12.1 Å². The molecule has 2 rings (SSSR count). The Morgan fingerprint density at radius 3 is 2.83 bits per heavy atom. The summed E-state index contributed by atoms with van der Waals surface area (Å²) in [5.41, 5.74) is 1.48. The first-order valence-electron chi connectivity index (χ1n) is 5.80. The van der Waals surface area contributed by atoms with E-state index in [-0.39, 0.29) is 5.82 Å². The van der Waals surface area contributed by atoms with Gasteiger partial charge in [0.25, 0.3) is 0 Å². The number of hydrogen-bond acceptors (Lipinski definition) is 3. The summed E-state index contributed by atoms with van der Waals surface area (Å²) < 4.78 is 13.0. The van der Waals surface area contributed by atoms with Crippen LogP contribution in [-0.4, -0.2) is 16.6 Å². The van der Waals surface area contributed by atoms with Crippen molar-refractivity contribution >= 4 is 0 Å². The van der Waals surface area contributed by atoms with Crippen LogP contribution in [0.4, 0.5) is 4.39 Å². The molecule has 0 aliphatic carbocycles. The second kappa shape index (κ2) is 6.23. The second-order valence-electron chi connectivity index (χ2n) is 4.02. The molecule has 0 radical (unpaired) electrons. The highest BCUT2D eigenvalue weighted by Gasteiger charge is 2.07. The van der Waals surface area contributed by atoms with Crippen molar-refractivity contribution in [2.75, 3.05) is 6.54 Å². The Morgan fingerprint density at radius 1 is 1.22 bits per heavy atom. The molecule has 2 N–H and O–H groups in total. The summed E-state index contributed by atoms with van der Waals surface area (Å²) in [6, 6.07) is 11.7. The van der Waals surface area contributed by atoms with Crippen LogP contribution in [0.15, 0.2) is 48.7 Å². The van der Waals surface area contributed by atoms with Crippen LogP contribution in [0, 0.1) is 5.82 Å². The highest BCUT2D eigenvalue weighted by atomic mass is 19.1. The molecule has 0 spiro atoms. The summed E-state index contributed by atoms with van der Waals surface area (Å²) in [5, 5.41) is 13.0. The lowest BCUT2D eigenvalue weighted by atomic mass is 10.1. The van der Waals surface area contributed by atoms with Crippen molar-refractivity contribution in [1.29, 1.82) is 0 Å². The van der Waals surface area contributed by atoms with Crippen molar-refractivity contribution < 1.29 is 9.50 Å². The van der Waals surface area contributed by atoms with E-state index in [1.54, 1.807) is 18.3 Å². The minimum Gasteiger partial charge on any atom is -0.387 e. The van der Waals surface area contributed by atoms with E-state index in [0.29, 0.717) is 18.7 Å². The lowest BCUT2D eigenvalue weighted by molar-refractivity contribution is 0.174. The highest BCUT2D eigenvalue weighted by molar-refractivity contribution is 5.19. The summed E-state index contributed by atoms with van der Waals surface area (Å²) >= 11 is 0. The van der Waals surface area contributed by atoms with Gasteiger partial charge in [0, 0.05) is 19.3 Å².